The summed E-state index contributed by atoms with van der Waals surface area (Å²) < 4.78 is 55.4. The number of ketones is 1. The molecule has 28 heavy (non-hydrogen) atoms. The molecule has 3 rings (SSSR count). The largest absolute Gasteiger partial charge is 0.365 e. The third kappa shape index (κ3) is 3.35. The number of carbonyl (C=O) groups excluding carboxylic acids is 1. The zero-order valence-electron chi connectivity index (χ0n) is 14.3. The molecule has 3 atom stereocenters. The molecule has 0 amide bonds. The van der Waals surface area contributed by atoms with Crippen molar-refractivity contribution in [2.45, 2.75) is 24.1 Å². The highest BCUT2D eigenvalue weighted by Crippen LogP contribution is 2.45. The molecule has 0 bridgehead atoms. The van der Waals surface area contributed by atoms with E-state index in [1.165, 1.54) is 36.4 Å². The maximum atomic E-state index is 14.5. The Bertz CT molecular complexity index is 867. The molecule has 0 unspecified atom stereocenters. The third-order valence-corrected chi connectivity index (χ3v) is 4.88. The summed E-state index contributed by atoms with van der Waals surface area (Å²) in [5.41, 5.74) is -3.27. The van der Waals surface area contributed by atoms with Crippen LogP contribution in [0, 0.1) is 5.92 Å². The summed E-state index contributed by atoms with van der Waals surface area (Å²) in [4.78, 5) is 13.1. The highest BCUT2D eigenvalue weighted by molar-refractivity contribution is 7.80. The maximum Gasteiger partial charge on any atom is 0.354 e. The number of hydrogen-bond donors (Lipinski definition) is 3. The van der Waals surface area contributed by atoms with Gasteiger partial charge in [-0.1, -0.05) is 60.7 Å². The lowest BCUT2D eigenvalue weighted by Gasteiger charge is -2.48. The number of benzene rings is 2. The van der Waals surface area contributed by atoms with Gasteiger partial charge in [-0.2, -0.15) is 8.78 Å². The summed E-state index contributed by atoms with van der Waals surface area (Å²) >= 11 is 4.87. The highest BCUT2D eigenvalue weighted by atomic mass is 32.1. The van der Waals surface area contributed by atoms with E-state index in [9.17, 15) is 27.5 Å². The average Bonchev–Trinajstić information content (AvgIpc) is 2.68. The summed E-state index contributed by atoms with van der Waals surface area (Å²) in [7, 11) is 0. The molecule has 0 aliphatic carbocycles. The van der Waals surface area contributed by atoms with Gasteiger partial charge in [0.25, 0.3) is 0 Å². The van der Waals surface area contributed by atoms with Gasteiger partial charge in [0.2, 0.25) is 5.72 Å². The van der Waals surface area contributed by atoms with Crippen LogP contribution in [0.2, 0.25) is 0 Å². The summed E-state index contributed by atoms with van der Waals surface area (Å²) in [5, 5.41) is 14.8. The van der Waals surface area contributed by atoms with Crippen molar-refractivity contribution in [3.8, 4) is 0 Å². The van der Waals surface area contributed by atoms with Gasteiger partial charge >= 0.3 is 12.3 Å². The van der Waals surface area contributed by atoms with E-state index in [4.69, 9.17) is 12.2 Å². The zero-order valence-corrected chi connectivity index (χ0v) is 15.1. The molecule has 2 aromatic carbocycles. The van der Waals surface area contributed by atoms with Crippen molar-refractivity contribution in [3.05, 3.63) is 71.8 Å². The van der Waals surface area contributed by atoms with Crippen LogP contribution < -0.4 is 10.6 Å². The minimum absolute atomic E-state index is 0.00617. The SMILES string of the molecule is O=C(c1ccccc1)[C@@H]1[C@@H](c2ccccc2)NC(=S)N[C@@]1(O)C(F)(F)C(F)F. The van der Waals surface area contributed by atoms with Crippen LogP contribution in [-0.2, 0) is 0 Å². The molecule has 0 aromatic heterocycles. The Morgan fingerprint density at radius 2 is 1.61 bits per heavy atom. The molecular weight excluding hydrogens is 396 g/mol. The summed E-state index contributed by atoms with van der Waals surface area (Å²) in [6, 6.07) is 14.0. The predicted octanol–water partition coefficient (Wildman–Crippen LogP) is 3.29. The number of rotatable bonds is 5. The molecule has 0 saturated carbocycles. The molecule has 148 valence electrons. The van der Waals surface area contributed by atoms with E-state index in [1.807, 2.05) is 5.32 Å². The summed E-state index contributed by atoms with van der Waals surface area (Å²) in [6.07, 6.45) is -4.23. The van der Waals surface area contributed by atoms with E-state index in [0.29, 0.717) is 5.56 Å². The smallest absolute Gasteiger partial charge is 0.354 e. The Hall–Kier alpha value is -2.52. The Balaban J connectivity index is 2.19. The van der Waals surface area contributed by atoms with Crippen molar-refractivity contribution in [3.63, 3.8) is 0 Å². The lowest BCUT2D eigenvalue weighted by Crippen LogP contribution is -2.75. The molecule has 1 fully saturated rings. The molecule has 1 aliphatic heterocycles. The first-order chi connectivity index (χ1) is 13.2. The third-order valence-electron chi connectivity index (χ3n) is 4.66. The Labute approximate surface area is 163 Å². The van der Waals surface area contributed by atoms with Gasteiger partial charge in [-0.3, -0.25) is 4.79 Å². The van der Waals surface area contributed by atoms with Crippen molar-refractivity contribution in [2.75, 3.05) is 0 Å². The number of nitrogens with one attached hydrogen (secondary N) is 2. The monoisotopic (exact) mass is 412 g/mol. The topological polar surface area (TPSA) is 61.4 Å². The number of alkyl halides is 4. The molecule has 0 radical (unpaired) electrons. The molecule has 1 saturated heterocycles. The standard InChI is InChI=1S/C19H16F4N2O2S/c20-16(21)18(22,23)19(27)13(15(26)12-9-5-2-6-10-12)14(24-17(28)25-19)11-7-3-1-4-8-11/h1-10,13-14,16,27H,(H2,24,25,28)/t13-,14+,19-/m0/s1. The zero-order chi connectivity index (χ0) is 20.5. The van der Waals surface area contributed by atoms with Crippen molar-refractivity contribution >= 4 is 23.1 Å². The molecule has 0 spiro atoms. The van der Waals surface area contributed by atoms with E-state index in [1.54, 1.807) is 24.3 Å². The molecule has 9 heteroatoms. The van der Waals surface area contributed by atoms with Gasteiger partial charge in [-0.25, -0.2) is 8.78 Å². The minimum atomic E-state index is -4.96. The van der Waals surface area contributed by atoms with Gasteiger partial charge in [0.1, 0.15) is 5.92 Å². The number of halogens is 4. The van der Waals surface area contributed by atoms with E-state index in [2.05, 4.69) is 5.32 Å². The van der Waals surface area contributed by atoms with Gasteiger partial charge in [0.05, 0.1) is 6.04 Å². The molecule has 1 heterocycles. The van der Waals surface area contributed by atoms with Crippen molar-refractivity contribution in [2.24, 2.45) is 5.92 Å². The van der Waals surface area contributed by atoms with Crippen LogP contribution in [0.3, 0.4) is 0 Å². The van der Waals surface area contributed by atoms with Crippen LogP contribution in [0.1, 0.15) is 22.0 Å². The van der Waals surface area contributed by atoms with Gasteiger partial charge in [-0.15, -0.1) is 0 Å². The first-order valence-corrected chi connectivity index (χ1v) is 8.70. The normalized spacial score (nSPS) is 25.1. The summed E-state index contributed by atoms with van der Waals surface area (Å²) in [6.45, 7) is 0. The van der Waals surface area contributed by atoms with E-state index < -0.39 is 40.9 Å². The van der Waals surface area contributed by atoms with Gasteiger partial charge in [0, 0.05) is 5.56 Å². The first kappa shape index (κ1) is 20.2. The molecular formula is C19H16F4N2O2S. The minimum Gasteiger partial charge on any atom is -0.365 e. The number of carbonyl (C=O) groups is 1. The second-order valence-corrected chi connectivity index (χ2v) is 6.79. The Morgan fingerprint density at radius 3 is 2.14 bits per heavy atom. The van der Waals surface area contributed by atoms with Gasteiger partial charge in [-0.05, 0) is 17.8 Å². The molecule has 4 nitrogen and oxygen atoms in total. The van der Waals surface area contributed by atoms with Crippen LogP contribution in [0.5, 0.6) is 0 Å². The van der Waals surface area contributed by atoms with E-state index >= 15 is 0 Å². The van der Waals surface area contributed by atoms with E-state index in [0.717, 1.165) is 0 Å². The first-order valence-electron chi connectivity index (χ1n) is 8.29. The molecule has 2 aromatic rings. The fourth-order valence-corrected chi connectivity index (χ4v) is 3.55. The van der Waals surface area contributed by atoms with Crippen molar-refractivity contribution in [1.29, 1.82) is 0 Å². The average molecular weight is 412 g/mol. The highest BCUT2D eigenvalue weighted by Gasteiger charge is 2.68. The lowest BCUT2D eigenvalue weighted by molar-refractivity contribution is -0.267. The molecule has 3 N–H and O–H groups in total. The predicted molar refractivity (Wildman–Crippen MR) is 98.2 cm³/mol. The van der Waals surface area contributed by atoms with Crippen LogP contribution in [-0.4, -0.2) is 34.1 Å². The Morgan fingerprint density at radius 1 is 1.07 bits per heavy atom. The fourth-order valence-electron chi connectivity index (χ4n) is 3.27. The number of aliphatic hydroxyl groups is 1. The maximum absolute atomic E-state index is 14.5. The fraction of sp³-hybridized carbons (Fsp3) is 0.263. The van der Waals surface area contributed by atoms with Crippen LogP contribution in [0.15, 0.2) is 60.7 Å². The Kier molecular flexibility index (Phi) is 5.40. The van der Waals surface area contributed by atoms with E-state index in [-0.39, 0.29) is 5.56 Å². The van der Waals surface area contributed by atoms with Crippen LogP contribution in [0.25, 0.3) is 0 Å². The van der Waals surface area contributed by atoms with Crippen LogP contribution >= 0.6 is 12.2 Å². The van der Waals surface area contributed by atoms with Crippen molar-refractivity contribution in [1.82, 2.24) is 10.6 Å². The van der Waals surface area contributed by atoms with Crippen LogP contribution in [0.4, 0.5) is 17.6 Å². The summed E-state index contributed by atoms with van der Waals surface area (Å²) in [5.74, 6) is -7.88. The van der Waals surface area contributed by atoms with Gasteiger partial charge in [0.15, 0.2) is 10.9 Å². The second-order valence-electron chi connectivity index (χ2n) is 6.38. The number of thiocarbonyl (C=S) groups is 1. The number of hydrogen-bond acceptors (Lipinski definition) is 3. The quantitative estimate of drug-likeness (QED) is 0.400. The number of Topliss-reactive ketones (excluding diaryl/α,β-unsaturated/α-hetero) is 1. The van der Waals surface area contributed by atoms with Gasteiger partial charge < -0.3 is 15.7 Å². The van der Waals surface area contributed by atoms with Crippen molar-refractivity contribution < 1.29 is 27.5 Å². The molecule has 1 aliphatic rings. The second kappa shape index (κ2) is 7.48. The lowest BCUT2D eigenvalue weighted by atomic mass is 9.75.